The molecular formula is C10H11ClO4S. The van der Waals surface area contributed by atoms with Crippen molar-refractivity contribution in [1.29, 1.82) is 0 Å². The van der Waals surface area contributed by atoms with Crippen LogP contribution in [0.15, 0.2) is 29.2 Å². The minimum atomic E-state index is -3.86. The molecule has 16 heavy (non-hydrogen) atoms. The molecule has 0 N–H and O–H groups in total. The van der Waals surface area contributed by atoms with Crippen LogP contribution >= 0.6 is 11.6 Å². The fourth-order valence-electron chi connectivity index (χ4n) is 0.955. The molecule has 0 bridgehead atoms. The lowest BCUT2D eigenvalue weighted by Crippen LogP contribution is -2.15. The zero-order chi connectivity index (χ0) is 12.2. The van der Waals surface area contributed by atoms with Crippen LogP contribution in [0, 0.1) is 6.92 Å². The van der Waals surface area contributed by atoms with E-state index in [2.05, 4.69) is 4.18 Å². The Hall–Kier alpha value is -0.910. The molecule has 0 saturated carbocycles. The highest BCUT2D eigenvalue weighted by atomic mass is 35.5. The number of hydrogen-bond acceptors (Lipinski definition) is 4. The number of aryl methyl sites for hydroxylation is 1. The van der Waals surface area contributed by atoms with Crippen molar-refractivity contribution in [3.8, 4) is 0 Å². The number of carbonyl (C=O) groups is 1. The summed E-state index contributed by atoms with van der Waals surface area (Å²) in [5.41, 5.74) is 0.941. The number of benzene rings is 1. The number of halogens is 1. The van der Waals surface area contributed by atoms with Crippen molar-refractivity contribution in [3.05, 3.63) is 29.8 Å². The lowest BCUT2D eigenvalue weighted by Gasteiger charge is -2.04. The summed E-state index contributed by atoms with van der Waals surface area (Å²) in [4.78, 5) is 10.9. The Bertz CT molecular complexity index is 464. The van der Waals surface area contributed by atoms with Crippen LogP contribution in [0.2, 0.25) is 0 Å². The van der Waals surface area contributed by atoms with Crippen molar-refractivity contribution in [2.24, 2.45) is 0 Å². The fourth-order valence-corrected chi connectivity index (χ4v) is 1.92. The molecule has 0 aliphatic rings. The third-order valence-corrected chi connectivity index (χ3v) is 3.41. The highest BCUT2D eigenvalue weighted by Gasteiger charge is 2.16. The Kier molecular flexibility index (Phi) is 4.46. The molecule has 0 atom stereocenters. The molecule has 0 saturated heterocycles. The van der Waals surface area contributed by atoms with Crippen molar-refractivity contribution in [3.63, 3.8) is 0 Å². The first-order chi connectivity index (χ1) is 7.45. The molecule has 0 aliphatic heterocycles. The molecule has 0 unspecified atom stereocenters. The van der Waals surface area contributed by atoms with Gasteiger partial charge in [0.2, 0.25) is 0 Å². The molecule has 0 aromatic heterocycles. The summed E-state index contributed by atoms with van der Waals surface area (Å²) in [6.07, 6.45) is 0. The molecule has 0 amide bonds. The first-order valence-corrected chi connectivity index (χ1v) is 6.44. The van der Waals surface area contributed by atoms with E-state index in [0.717, 1.165) is 5.56 Å². The Balaban J connectivity index is 2.78. The Morgan fingerprint density at radius 2 is 1.88 bits per heavy atom. The fraction of sp³-hybridized carbons (Fsp3) is 0.300. The lowest BCUT2D eigenvalue weighted by atomic mass is 10.2. The normalized spacial score (nSPS) is 11.4. The third kappa shape index (κ3) is 3.59. The summed E-state index contributed by atoms with van der Waals surface area (Å²) in [6, 6.07) is 6.16. The number of hydrogen-bond donors (Lipinski definition) is 0. The highest BCUT2D eigenvalue weighted by molar-refractivity contribution is 7.86. The van der Waals surface area contributed by atoms with Crippen LogP contribution in [-0.2, 0) is 19.1 Å². The van der Waals surface area contributed by atoms with Gasteiger partial charge in [-0.25, -0.2) is 0 Å². The van der Waals surface area contributed by atoms with Gasteiger partial charge in [-0.15, -0.1) is 11.6 Å². The van der Waals surface area contributed by atoms with E-state index in [1.54, 1.807) is 12.1 Å². The zero-order valence-corrected chi connectivity index (χ0v) is 10.2. The molecule has 0 aliphatic carbocycles. The van der Waals surface area contributed by atoms with E-state index in [0.29, 0.717) is 0 Å². The number of Topliss-reactive ketones (excluding diaryl/α,β-unsaturated/α-hetero) is 1. The quantitative estimate of drug-likeness (QED) is 0.596. The van der Waals surface area contributed by atoms with Crippen LogP contribution in [0.25, 0.3) is 0 Å². The molecule has 88 valence electrons. The largest absolute Gasteiger partial charge is 0.297 e. The number of ketones is 1. The van der Waals surface area contributed by atoms with Crippen LogP contribution in [0.4, 0.5) is 0 Å². The van der Waals surface area contributed by atoms with Gasteiger partial charge in [0.1, 0.15) is 6.61 Å². The van der Waals surface area contributed by atoms with Gasteiger partial charge in [0.25, 0.3) is 10.1 Å². The maximum atomic E-state index is 11.5. The van der Waals surface area contributed by atoms with Gasteiger partial charge in [-0.1, -0.05) is 17.7 Å². The molecule has 4 nitrogen and oxygen atoms in total. The third-order valence-electron chi connectivity index (χ3n) is 1.83. The predicted molar refractivity (Wildman–Crippen MR) is 60.0 cm³/mol. The average molecular weight is 263 g/mol. The predicted octanol–water partition coefficient (Wildman–Crippen LogP) is 1.51. The minimum absolute atomic E-state index is 0.0282. The van der Waals surface area contributed by atoms with Gasteiger partial charge in [-0.05, 0) is 19.1 Å². The lowest BCUT2D eigenvalue weighted by molar-refractivity contribution is -0.118. The second-order valence-electron chi connectivity index (χ2n) is 3.20. The second kappa shape index (κ2) is 5.43. The minimum Gasteiger partial charge on any atom is -0.296 e. The summed E-state index contributed by atoms with van der Waals surface area (Å²) < 4.78 is 27.6. The smallest absolute Gasteiger partial charge is 0.296 e. The standard InChI is InChI=1S/C10H11ClO4S/c1-8-2-4-10(5-3-8)16(13,14)15-7-9(12)6-11/h2-5H,6-7H2,1H3. The second-order valence-corrected chi connectivity index (χ2v) is 5.08. The molecule has 0 heterocycles. The SMILES string of the molecule is Cc1ccc(S(=O)(=O)OCC(=O)CCl)cc1. The van der Waals surface area contributed by atoms with E-state index in [1.165, 1.54) is 12.1 Å². The maximum absolute atomic E-state index is 11.5. The molecule has 1 aromatic carbocycles. The summed E-state index contributed by atoms with van der Waals surface area (Å²) in [5.74, 6) is -0.735. The molecule has 1 aromatic rings. The van der Waals surface area contributed by atoms with Gasteiger partial charge in [0.15, 0.2) is 5.78 Å². The van der Waals surface area contributed by atoms with E-state index in [1.807, 2.05) is 6.92 Å². The molecule has 1 rings (SSSR count). The van der Waals surface area contributed by atoms with Crippen molar-refractivity contribution in [1.82, 2.24) is 0 Å². The molecule has 6 heteroatoms. The van der Waals surface area contributed by atoms with Crippen LogP contribution in [0.3, 0.4) is 0 Å². The average Bonchev–Trinajstić information content (AvgIpc) is 2.26. The molecule has 0 spiro atoms. The van der Waals surface area contributed by atoms with E-state index in [9.17, 15) is 13.2 Å². The van der Waals surface area contributed by atoms with Gasteiger partial charge in [-0.3, -0.25) is 8.98 Å². The molecular weight excluding hydrogens is 252 g/mol. The van der Waals surface area contributed by atoms with Crippen molar-refractivity contribution >= 4 is 27.5 Å². The summed E-state index contributed by atoms with van der Waals surface area (Å²) in [7, 11) is -3.86. The van der Waals surface area contributed by atoms with E-state index in [4.69, 9.17) is 11.6 Å². The number of alkyl halides is 1. The van der Waals surface area contributed by atoms with Crippen molar-refractivity contribution in [2.75, 3.05) is 12.5 Å². The van der Waals surface area contributed by atoms with E-state index in [-0.39, 0.29) is 10.8 Å². The summed E-state index contributed by atoms with van der Waals surface area (Å²) in [5, 5.41) is 0. The monoisotopic (exact) mass is 262 g/mol. The van der Waals surface area contributed by atoms with Gasteiger partial charge in [0, 0.05) is 0 Å². The maximum Gasteiger partial charge on any atom is 0.297 e. The van der Waals surface area contributed by atoms with Gasteiger partial charge < -0.3 is 0 Å². The zero-order valence-electron chi connectivity index (χ0n) is 8.64. The van der Waals surface area contributed by atoms with Crippen LogP contribution in [0.1, 0.15) is 5.56 Å². The molecule has 0 radical (unpaired) electrons. The van der Waals surface area contributed by atoms with Gasteiger partial charge >= 0.3 is 0 Å². The first kappa shape index (κ1) is 13.2. The van der Waals surface area contributed by atoms with Crippen LogP contribution in [-0.4, -0.2) is 26.7 Å². The Morgan fingerprint density at radius 3 is 2.38 bits per heavy atom. The van der Waals surface area contributed by atoms with Crippen LogP contribution in [0.5, 0.6) is 0 Å². The molecule has 0 fully saturated rings. The van der Waals surface area contributed by atoms with Crippen LogP contribution < -0.4 is 0 Å². The first-order valence-electron chi connectivity index (χ1n) is 4.49. The highest BCUT2D eigenvalue weighted by Crippen LogP contribution is 2.12. The summed E-state index contributed by atoms with van der Waals surface area (Å²) >= 11 is 5.22. The van der Waals surface area contributed by atoms with Crippen molar-refractivity contribution < 1.29 is 17.4 Å². The van der Waals surface area contributed by atoms with Gasteiger partial charge in [-0.2, -0.15) is 8.42 Å². The van der Waals surface area contributed by atoms with Gasteiger partial charge in [0.05, 0.1) is 10.8 Å². The van der Waals surface area contributed by atoms with Crippen molar-refractivity contribution in [2.45, 2.75) is 11.8 Å². The number of carbonyl (C=O) groups excluding carboxylic acids is 1. The summed E-state index contributed by atoms with van der Waals surface area (Å²) in [6.45, 7) is 1.31. The van der Waals surface area contributed by atoms with E-state index >= 15 is 0 Å². The Labute approximate surface area is 99.3 Å². The number of rotatable bonds is 5. The van der Waals surface area contributed by atoms with E-state index < -0.39 is 22.5 Å². The topological polar surface area (TPSA) is 60.4 Å². The Morgan fingerprint density at radius 1 is 1.31 bits per heavy atom.